The lowest BCUT2D eigenvalue weighted by molar-refractivity contribution is 0.102. The third kappa shape index (κ3) is 5.24. The molecule has 0 aliphatic carbocycles. The summed E-state index contributed by atoms with van der Waals surface area (Å²) >= 11 is 1.56. The first kappa shape index (κ1) is 18.8. The van der Waals surface area contributed by atoms with Crippen LogP contribution < -0.4 is 10.6 Å². The smallest absolute Gasteiger partial charge is 0.255 e. The number of rotatable bonds is 7. The number of nitrogens with zero attached hydrogens (tertiary/aromatic N) is 2. The Hall–Kier alpha value is -3.58. The van der Waals surface area contributed by atoms with Crippen LogP contribution in [0.1, 0.15) is 15.9 Å². The molecule has 144 valence electrons. The molecule has 4 rings (SSSR count). The van der Waals surface area contributed by atoms with Crippen molar-refractivity contribution in [2.75, 3.05) is 10.6 Å². The highest BCUT2D eigenvalue weighted by molar-refractivity contribution is 7.98. The Balaban J connectivity index is 1.32. The van der Waals surface area contributed by atoms with Crippen molar-refractivity contribution < 1.29 is 4.79 Å². The quantitative estimate of drug-likeness (QED) is 0.376. The number of para-hydroxylation sites is 1. The van der Waals surface area contributed by atoms with Crippen molar-refractivity contribution in [2.45, 2.75) is 10.9 Å². The molecular formula is C22H19N5OS. The number of nitrogens with one attached hydrogen (secondary N) is 3. The molecule has 0 aliphatic rings. The van der Waals surface area contributed by atoms with Gasteiger partial charge in [-0.05, 0) is 54.1 Å². The summed E-state index contributed by atoms with van der Waals surface area (Å²) in [5.74, 6) is 0.621. The van der Waals surface area contributed by atoms with Crippen molar-refractivity contribution in [3.8, 4) is 0 Å². The molecule has 1 amide bonds. The number of aromatic nitrogens is 3. The second-order valence-corrected chi connectivity index (χ2v) is 7.26. The maximum Gasteiger partial charge on any atom is 0.255 e. The van der Waals surface area contributed by atoms with Crippen molar-refractivity contribution in [3.63, 3.8) is 0 Å². The number of benzene rings is 3. The van der Waals surface area contributed by atoms with E-state index in [1.807, 2.05) is 78.9 Å². The number of amides is 1. The molecule has 1 aromatic heterocycles. The first-order valence-electron chi connectivity index (χ1n) is 9.07. The Bertz CT molecular complexity index is 1050. The van der Waals surface area contributed by atoms with E-state index in [-0.39, 0.29) is 5.91 Å². The zero-order valence-electron chi connectivity index (χ0n) is 15.5. The van der Waals surface area contributed by atoms with Crippen LogP contribution in [0.15, 0.2) is 90.3 Å². The van der Waals surface area contributed by atoms with E-state index in [0.717, 1.165) is 33.5 Å². The molecule has 0 radical (unpaired) electrons. The number of thioether (sulfide) groups is 1. The largest absolute Gasteiger partial charge is 0.356 e. The van der Waals surface area contributed by atoms with E-state index >= 15 is 0 Å². The molecule has 1 heterocycles. The highest BCUT2D eigenvalue weighted by Crippen LogP contribution is 2.20. The second-order valence-electron chi connectivity index (χ2n) is 6.30. The van der Waals surface area contributed by atoms with Crippen LogP contribution in [-0.2, 0) is 5.75 Å². The zero-order chi connectivity index (χ0) is 19.9. The average molecular weight is 401 g/mol. The molecule has 0 saturated carbocycles. The van der Waals surface area contributed by atoms with Gasteiger partial charge in [-0.25, -0.2) is 4.98 Å². The van der Waals surface area contributed by atoms with Gasteiger partial charge in [0, 0.05) is 28.4 Å². The minimum absolute atomic E-state index is 0.136. The molecule has 0 unspecified atom stereocenters. The number of hydrogen-bond acceptors (Lipinski definition) is 5. The van der Waals surface area contributed by atoms with Crippen molar-refractivity contribution in [3.05, 3.63) is 96.3 Å². The predicted octanol–water partition coefficient (Wildman–Crippen LogP) is 5.09. The van der Waals surface area contributed by atoms with E-state index in [1.54, 1.807) is 11.8 Å². The third-order valence-corrected chi connectivity index (χ3v) is 5.14. The van der Waals surface area contributed by atoms with Gasteiger partial charge in [0.05, 0.1) is 0 Å². The summed E-state index contributed by atoms with van der Waals surface area (Å²) in [7, 11) is 0. The van der Waals surface area contributed by atoms with Crippen LogP contribution in [0.3, 0.4) is 0 Å². The molecule has 0 spiro atoms. The molecule has 0 bridgehead atoms. The van der Waals surface area contributed by atoms with Gasteiger partial charge < -0.3 is 10.6 Å². The molecule has 3 aromatic carbocycles. The van der Waals surface area contributed by atoms with Gasteiger partial charge in [0.25, 0.3) is 5.91 Å². The van der Waals surface area contributed by atoms with Gasteiger partial charge >= 0.3 is 0 Å². The molecule has 0 fully saturated rings. The van der Waals surface area contributed by atoms with Gasteiger partial charge in [0.2, 0.25) is 0 Å². The third-order valence-electron chi connectivity index (χ3n) is 4.19. The van der Waals surface area contributed by atoms with Crippen molar-refractivity contribution in [1.29, 1.82) is 0 Å². The Morgan fingerprint density at radius 2 is 1.55 bits per heavy atom. The highest BCUT2D eigenvalue weighted by Gasteiger charge is 2.07. The Morgan fingerprint density at radius 3 is 2.24 bits per heavy atom. The second kappa shape index (κ2) is 9.07. The predicted molar refractivity (Wildman–Crippen MR) is 117 cm³/mol. The van der Waals surface area contributed by atoms with Crippen molar-refractivity contribution in [1.82, 2.24) is 15.2 Å². The van der Waals surface area contributed by atoms with Crippen LogP contribution in [0.2, 0.25) is 0 Å². The fourth-order valence-electron chi connectivity index (χ4n) is 2.70. The van der Waals surface area contributed by atoms with Crippen LogP contribution in [-0.4, -0.2) is 21.1 Å². The van der Waals surface area contributed by atoms with Gasteiger partial charge in [-0.15, -0.1) is 0 Å². The molecule has 4 aromatic rings. The standard InChI is InChI=1S/C22H19N5OS/c28-21(17-8-6-16(7-9-17)14-29-22-23-15-24-27-22)26-20-12-10-19(11-13-20)25-18-4-2-1-3-5-18/h1-13,15,25H,14H2,(H,26,28)(H,23,24,27). The summed E-state index contributed by atoms with van der Waals surface area (Å²) < 4.78 is 0. The monoisotopic (exact) mass is 401 g/mol. The molecule has 29 heavy (non-hydrogen) atoms. The number of aromatic amines is 1. The Labute approximate surface area is 172 Å². The van der Waals surface area contributed by atoms with Crippen LogP contribution >= 0.6 is 11.8 Å². The average Bonchev–Trinajstić information content (AvgIpc) is 3.28. The van der Waals surface area contributed by atoms with Crippen LogP contribution in [0.5, 0.6) is 0 Å². The van der Waals surface area contributed by atoms with E-state index < -0.39 is 0 Å². The minimum Gasteiger partial charge on any atom is -0.356 e. The fourth-order valence-corrected chi connectivity index (χ4v) is 3.43. The number of anilines is 3. The van der Waals surface area contributed by atoms with Gasteiger partial charge in [-0.3, -0.25) is 9.89 Å². The summed E-state index contributed by atoms with van der Waals surface area (Å²) in [6, 6.07) is 25.1. The van der Waals surface area contributed by atoms with Crippen LogP contribution in [0, 0.1) is 0 Å². The van der Waals surface area contributed by atoms with Crippen LogP contribution in [0.25, 0.3) is 0 Å². The minimum atomic E-state index is -0.136. The summed E-state index contributed by atoms with van der Waals surface area (Å²) in [6.07, 6.45) is 1.49. The Kier molecular flexibility index (Phi) is 5.87. The summed E-state index contributed by atoms with van der Waals surface area (Å²) in [5.41, 5.74) is 4.46. The number of hydrogen-bond donors (Lipinski definition) is 3. The molecule has 7 heteroatoms. The molecule has 3 N–H and O–H groups in total. The van der Waals surface area contributed by atoms with Crippen molar-refractivity contribution >= 4 is 34.7 Å². The molecule has 0 saturated heterocycles. The van der Waals surface area contributed by atoms with E-state index in [9.17, 15) is 4.79 Å². The van der Waals surface area contributed by atoms with E-state index in [2.05, 4.69) is 25.8 Å². The topological polar surface area (TPSA) is 82.7 Å². The normalized spacial score (nSPS) is 10.5. The van der Waals surface area contributed by atoms with Gasteiger partial charge in [0.1, 0.15) is 6.33 Å². The van der Waals surface area contributed by atoms with Crippen LogP contribution in [0.4, 0.5) is 17.1 Å². The van der Waals surface area contributed by atoms with Gasteiger partial charge in [0.15, 0.2) is 5.16 Å². The molecular weight excluding hydrogens is 382 g/mol. The SMILES string of the molecule is O=C(Nc1ccc(Nc2ccccc2)cc1)c1ccc(CSc2ncn[nH]2)cc1. The lowest BCUT2D eigenvalue weighted by Crippen LogP contribution is -2.11. The number of H-pyrrole nitrogens is 1. The van der Waals surface area contributed by atoms with E-state index in [4.69, 9.17) is 0 Å². The summed E-state index contributed by atoms with van der Waals surface area (Å²) in [5, 5.41) is 13.7. The highest BCUT2D eigenvalue weighted by atomic mass is 32.2. The number of carbonyl (C=O) groups excluding carboxylic acids is 1. The zero-order valence-corrected chi connectivity index (χ0v) is 16.3. The van der Waals surface area contributed by atoms with Gasteiger partial charge in [-0.1, -0.05) is 42.1 Å². The maximum absolute atomic E-state index is 12.5. The first-order chi connectivity index (χ1) is 14.3. The first-order valence-corrected chi connectivity index (χ1v) is 10.1. The molecule has 0 atom stereocenters. The fraction of sp³-hybridized carbons (Fsp3) is 0.0455. The van der Waals surface area contributed by atoms with E-state index in [1.165, 1.54) is 6.33 Å². The molecule has 6 nitrogen and oxygen atoms in total. The van der Waals surface area contributed by atoms with Crippen molar-refractivity contribution in [2.24, 2.45) is 0 Å². The van der Waals surface area contributed by atoms with Gasteiger partial charge in [-0.2, -0.15) is 5.10 Å². The van der Waals surface area contributed by atoms with E-state index in [0.29, 0.717) is 5.56 Å². The maximum atomic E-state index is 12.5. The molecule has 0 aliphatic heterocycles. The number of carbonyl (C=O) groups is 1. The lowest BCUT2D eigenvalue weighted by atomic mass is 10.1. The summed E-state index contributed by atoms with van der Waals surface area (Å²) in [4.78, 5) is 16.6. The summed E-state index contributed by atoms with van der Waals surface area (Å²) in [6.45, 7) is 0. The Morgan fingerprint density at radius 1 is 0.862 bits per heavy atom. The lowest BCUT2D eigenvalue weighted by Gasteiger charge is -2.09.